The molecule has 0 aliphatic rings. The largest absolute Gasteiger partial charge is 0.312 e. The van der Waals surface area contributed by atoms with Crippen LogP contribution in [0.3, 0.4) is 0 Å². The molecule has 1 aromatic rings. The molecule has 3 heteroatoms. The minimum Gasteiger partial charge on any atom is -0.312 e. The van der Waals surface area contributed by atoms with Gasteiger partial charge in [-0.2, -0.15) is 0 Å². The standard InChI is InChI=1S/C12H15NO2/c1-4-13(10(3)15)12-8-6-5-7-11(12)9(2)14/h5-8H,4H2,1-3H3. The Morgan fingerprint density at radius 3 is 2.27 bits per heavy atom. The van der Waals surface area contributed by atoms with E-state index in [1.807, 2.05) is 13.0 Å². The first kappa shape index (κ1) is 11.4. The minimum absolute atomic E-state index is 0.0229. The van der Waals surface area contributed by atoms with E-state index in [2.05, 4.69) is 0 Å². The number of para-hydroxylation sites is 1. The molecular formula is C12H15NO2. The molecule has 0 saturated carbocycles. The molecule has 0 atom stereocenters. The van der Waals surface area contributed by atoms with Gasteiger partial charge in [-0.05, 0) is 26.0 Å². The van der Waals surface area contributed by atoms with Crippen LogP contribution in [0.15, 0.2) is 24.3 Å². The number of nitrogens with zero attached hydrogens (tertiary/aromatic N) is 1. The van der Waals surface area contributed by atoms with Crippen LogP contribution in [0.25, 0.3) is 0 Å². The number of hydrogen-bond acceptors (Lipinski definition) is 2. The summed E-state index contributed by atoms with van der Waals surface area (Å²) in [5.74, 6) is -0.0727. The van der Waals surface area contributed by atoms with Gasteiger partial charge in [-0.3, -0.25) is 9.59 Å². The van der Waals surface area contributed by atoms with E-state index in [4.69, 9.17) is 0 Å². The number of benzene rings is 1. The van der Waals surface area contributed by atoms with Crippen LogP contribution in [0.5, 0.6) is 0 Å². The molecule has 0 N–H and O–H groups in total. The molecule has 0 aromatic heterocycles. The molecule has 0 saturated heterocycles. The zero-order chi connectivity index (χ0) is 11.4. The summed E-state index contributed by atoms with van der Waals surface area (Å²) in [6, 6.07) is 7.16. The molecule has 1 aromatic carbocycles. The lowest BCUT2D eigenvalue weighted by atomic mass is 10.1. The second kappa shape index (κ2) is 4.73. The van der Waals surface area contributed by atoms with Crippen LogP contribution in [0.2, 0.25) is 0 Å². The van der Waals surface area contributed by atoms with Crippen LogP contribution in [0.1, 0.15) is 31.1 Å². The van der Waals surface area contributed by atoms with Crippen LogP contribution in [-0.4, -0.2) is 18.2 Å². The zero-order valence-corrected chi connectivity index (χ0v) is 9.28. The summed E-state index contributed by atoms with van der Waals surface area (Å²) in [6.07, 6.45) is 0. The summed E-state index contributed by atoms with van der Waals surface area (Å²) >= 11 is 0. The smallest absolute Gasteiger partial charge is 0.223 e. The minimum atomic E-state index is -0.0498. The molecule has 0 spiro atoms. The van der Waals surface area contributed by atoms with Gasteiger partial charge in [0.05, 0.1) is 5.69 Å². The quantitative estimate of drug-likeness (QED) is 0.710. The second-order valence-electron chi connectivity index (χ2n) is 3.34. The fraction of sp³-hybridized carbons (Fsp3) is 0.333. The SMILES string of the molecule is CCN(C(C)=O)c1ccccc1C(C)=O. The lowest BCUT2D eigenvalue weighted by Crippen LogP contribution is -2.29. The van der Waals surface area contributed by atoms with Crippen molar-refractivity contribution in [1.82, 2.24) is 0 Å². The molecule has 0 bridgehead atoms. The van der Waals surface area contributed by atoms with Crippen LogP contribution in [-0.2, 0) is 4.79 Å². The average molecular weight is 205 g/mol. The van der Waals surface area contributed by atoms with Gasteiger partial charge >= 0.3 is 0 Å². The Morgan fingerprint density at radius 1 is 1.20 bits per heavy atom. The van der Waals surface area contributed by atoms with Crippen LogP contribution >= 0.6 is 0 Å². The van der Waals surface area contributed by atoms with Gasteiger partial charge in [0.15, 0.2) is 5.78 Å². The third-order valence-corrected chi connectivity index (χ3v) is 2.27. The summed E-state index contributed by atoms with van der Waals surface area (Å²) in [5, 5.41) is 0. The maximum atomic E-state index is 11.4. The highest BCUT2D eigenvalue weighted by Crippen LogP contribution is 2.20. The average Bonchev–Trinajstić information content (AvgIpc) is 2.18. The number of amides is 1. The van der Waals surface area contributed by atoms with Crippen LogP contribution in [0, 0.1) is 0 Å². The lowest BCUT2D eigenvalue weighted by molar-refractivity contribution is -0.116. The van der Waals surface area contributed by atoms with Crippen molar-refractivity contribution in [3.63, 3.8) is 0 Å². The molecule has 0 unspecified atom stereocenters. The van der Waals surface area contributed by atoms with E-state index in [-0.39, 0.29) is 11.7 Å². The van der Waals surface area contributed by atoms with Crippen molar-refractivity contribution < 1.29 is 9.59 Å². The van der Waals surface area contributed by atoms with Gasteiger partial charge < -0.3 is 4.90 Å². The van der Waals surface area contributed by atoms with Gasteiger partial charge in [-0.25, -0.2) is 0 Å². The Kier molecular flexibility index (Phi) is 3.61. The van der Waals surface area contributed by atoms with Crippen molar-refractivity contribution in [2.45, 2.75) is 20.8 Å². The summed E-state index contributed by atoms with van der Waals surface area (Å²) < 4.78 is 0. The predicted molar refractivity (Wildman–Crippen MR) is 60.1 cm³/mol. The topological polar surface area (TPSA) is 37.4 Å². The Labute approximate surface area is 89.7 Å². The van der Waals surface area contributed by atoms with E-state index < -0.39 is 0 Å². The first-order chi connectivity index (χ1) is 7.07. The molecule has 1 rings (SSSR count). The van der Waals surface area contributed by atoms with Crippen molar-refractivity contribution in [2.24, 2.45) is 0 Å². The number of hydrogen-bond donors (Lipinski definition) is 0. The molecule has 0 fully saturated rings. The highest BCUT2D eigenvalue weighted by molar-refractivity contribution is 6.04. The normalized spacial score (nSPS) is 9.80. The number of rotatable bonds is 3. The van der Waals surface area contributed by atoms with Crippen LogP contribution < -0.4 is 4.90 Å². The van der Waals surface area contributed by atoms with E-state index in [0.717, 1.165) is 0 Å². The van der Waals surface area contributed by atoms with Crippen molar-refractivity contribution in [3.8, 4) is 0 Å². The lowest BCUT2D eigenvalue weighted by Gasteiger charge is -2.21. The van der Waals surface area contributed by atoms with E-state index in [0.29, 0.717) is 17.8 Å². The maximum Gasteiger partial charge on any atom is 0.223 e. The first-order valence-corrected chi connectivity index (χ1v) is 4.96. The number of Topliss-reactive ketones (excluding diaryl/α,β-unsaturated/α-hetero) is 1. The maximum absolute atomic E-state index is 11.4. The third-order valence-electron chi connectivity index (χ3n) is 2.27. The molecule has 1 amide bonds. The summed E-state index contributed by atoms with van der Waals surface area (Å²) in [6.45, 7) is 5.46. The van der Waals surface area contributed by atoms with Crippen molar-refractivity contribution in [2.75, 3.05) is 11.4 Å². The highest BCUT2D eigenvalue weighted by Gasteiger charge is 2.14. The summed E-state index contributed by atoms with van der Waals surface area (Å²) in [4.78, 5) is 24.3. The van der Waals surface area contributed by atoms with Crippen molar-refractivity contribution in [3.05, 3.63) is 29.8 Å². The fourth-order valence-electron chi connectivity index (χ4n) is 1.57. The molecule has 0 aliphatic heterocycles. The molecule has 3 nitrogen and oxygen atoms in total. The summed E-state index contributed by atoms with van der Waals surface area (Å²) in [7, 11) is 0. The monoisotopic (exact) mass is 205 g/mol. The summed E-state index contributed by atoms with van der Waals surface area (Å²) in [5.41, 5.74) is 1.29. The Morgan fingerprint density at radius 2 is 1.80 bits per heavy atom. The molecule has 0 aliphatic carbocycles. The van der Waals surface area contributed by atoms with Gasteiger partial charge in [-0.1, -0.05) is 12.1 Å². The number of carbonyl (C=O) groups is 2. The molecule has 0 radical (unpaired) electrons. The van der Waals surface area contributed by atoms with Crippen molar-refractivity contribution >= 4 is 17.4 Å². The number of carbonyl (C=O) groups excluding carboxylic acids is 2. The predicted octanol–water partition coefficient (Wildman–Crippen LogP) is 2.26. The van der Waals surface area contributed by atoms with E-state index in [1.165, 1.54) is 13.8 Å². The Balaban J connectivity index is 3.22. The van der Waals surface area contributed by atoms with E-state index >= 15 is 0 Å². The van der Waals surface area contributed by atoms with E-state index in [9.17, 15) is 9.59 Å². The fourth-order valence-corrected chi connectivity index (χ4v) is 1.57. The Bertz CT molecular complexity index is 385. The molecule has 15 heavy (non-hydrogen) atoms. The third kappa shape index (κ3) is 2.43. The number of anilines is 1. The van der Waals surface area contributed by atoms with Gasteiger partial charge in [0, 0.05) is 19.0 Å². The van der Waals surface area contributed by atoms with Gasteiger partial charge in [0.25, 0.3) is 0 Å². The molecular weight excluding hydrogens is 190 g/mol. The van der Waals surface area contributed by atoms with Gasteiger partial charge in [0.2, 0.25) is 5.91 Å². The van der Waals surface area contributed by atoms with E-state index in [1.54, 1.807) is 23.1 Å². The second-order valence-corrected chi connectivity index (χ2v) is 3.34. The number of ketones is 1. The highest BCUT2D eigenvalue weighted by atomic mass is 16.2. The van der Waals surface area contributed by atoms with Crippen molar-refractivity contribution in [1.29, 1.82) is 0 Å². The van der Waals surface area contributed by atoms with Gasteiger partial charge in [0.1, 0.15) is 0 Å². The zero-order valence-electron chi connectivity index (χ0n) is 9.28. The van der Waals surface area contributed by atoms with Gasteiger partial charge in [-0.15, -0.1) is 0 Å². The molecule has 80 valence electrons. The molecule has 0 heterocycles. The Hall–Kier alpha value is -1.64. The first-order valence-electron chi connectivity index (χ1n) is 4.96. The van der Waals surface area contributed by atoms with Crippen LogP contribution in [0.4, 0.5) is 5.69 Å².